The molecule has 1 unspecified atom stereocenters. The van der Waals surface area contributed by atoms with Crippen LogP contribution in [-0.2, 0) is 9.59 Å². The second kappa shape index (κ2) is 7.98. The van der Waals surface area contributed by atoms with E-state index in [1.807, 2.05) is 19.0 Å². The Balaban J connectivity index is 1.94. The molecule has 0 saturated carbocycles. The fourth-order valence-electron chi connectivity index (χ4n) is 2.77. The molecule has 1 aliphatic heterocycles. The highest BCUT2D eigenvalue weighted by molar-refractivity contribution is 5.99. The Morgan fingerprint density at radius 2 is 2.08 bits per heavy atom. The zero-order valence-electron chi connectivity index (χ0n) is 14.4. The van der Waals surface area contributed by atoms with Crippen LogP contribution >= 0.6 is 0 Å². The van der Waals surface area contributed by atoms with Gasteiger partial charge in [0, 0.05) is 25.2 Å². The lowest BCUT2D eigenvalue weighted by molar-refractivity contribution is -0.128. The van der Waals surface area contributed by atoms with E-state index in [4.69, 9.17) is 5.11 Å². The molecule has 3 N–H and O–H groups in total. The molecule has 1 saturated heterocycles. The van der Waals surface area contributed by atoms with E-state index in [1.165, 1.54) is 18.2 Å². The van der Waals surface area contributed by atoms with Crippen molar-refractivity contribution in [3.63, 3.8) is 0 Å². The Labute approximate surface area is 146 Å². The van der Waals surface area contributed by atoms with Crippen molar-refractivity contribution in [2.75, 3.05) is 39.0 Å². The van der Waals surface area contributed by atoms with Crippen molar-refractivity contribution in [1.29, 1.82) is 0 Å². The van der Waals surface area contributed by atoms with Gasteiger partial charge in [-0.25, -0.2) is 4.79 Å². The number of carboxylic acid groups (broad SMARTS) is 1. The molecule has 8 heteroatoms. The summed E-state index contributed by atoms with van der Waals surface area (Å²) in [5.74, 6) is -2.49. The molecule has 8 nitrogen and oxygen atoms in total. The first-order valence-electron chi connectivity index (χ1n) is 8.07. The molecule has 136 valence electrons. The number of nitrogens with zero attached hydrogens (tertiary/aromatic N) is 2. The molecule has 2 rings (SSSR count). The third kappa shape index (κ3) is 4.93. The number of hydrogen-bond acceptors (Lipinski definition) is 5. The van der Waals surface area contributed by atoms with Crippen LogP contribution in [0.2, 0.25) is 0 Å². The third-order valence-electron chi connectivity index (χ3n) is 4.11. The Kier molecular flexibility index (Phi) is 5.97. The van der Waals surface area contributed by atoms with Gasteiger partial charge in [0.1, 0.15) is 11.3 Å². The topological polar surface area (TPSA) is 110 Å². The molecule has 0 bridgehead atoms. The van der Waals surface area contributed by atoms with Gasteiger partial charge in [-0.05, 0) is 45.3 Å². The number of benzene rings is 1. The van der Waals surface area contributed by atoms with E-state index in [-0.39, 0.29) is 35.2 Å². The largest absolute Gasteiger partial charge is 0.507 e. The molecule has 1 aromatic rings. The number of nitrogens with one attached hydrogen (secondary N) is 1. The summed E-state index contributed by atoms with van der Waals surface area (Å²) in [7, 11) is 3.93. The SMILES string of the molecule is CN(C)CCCN1CC(C(=O)Nc2ccc(O)c(C(=O)O)c2)CC1=O. The number of phenols is 1. The average molecular weight is 349 g/mol. The summed E-state index contributed by atoms with van der Waals surface area (Å²) in [5, 5.41) is 21.1. The number of aromatic hydroxyl groups is 1. The number of likely N-dealkylation sites (tertiary alicyclic amines) is 1. The first-order valence-corrected chi connectivity index (χ1v) is 8.07. The smallest absolute Gasteiger partial charge is 0.339 e. The van der Waals surface area contributed by atoms with E-state index in [2.05, 4.69) is 5.32 Å². The maximum atomic E-state index is 12.3. The Morgan fingerprint density at radius 1 is 1.36 bits per heavy atom. The number of carbonyl (C=O) groups is 3. The maximum Gasteiger partial charge on any atom is 0.339 e. The van der Waals surface area contributed by atoms with Crippen molar-refractivity contribution in [2.45, 2.75) is 12.8 Å². The van der Waals surface area contributed by atoms with Gasteiger partial charge in [0.2, 0.25) is 11.8 Å². The summed E-state index contributed by atoms with van der Waals surface area (Å²) in [6.45, 7) is 1.84. The molecule has 0 radical (unpaired) electrons. The number of carbonyl (C=O) groups excluding carboxylic acids is 2. The number of anilines is 1. The Bertz CT molecular complexity index is 674. The van der Waals surface area contributed by atoms with E-state index in [0.29, 0.717) is 13.1 Å². The predicted molar refractivity (Wildman–Crippen MR) is 91.6 cm³/mol. The normalized spacial score (nSPS) is 17.2. The highest BCUT2D eigenvalue weighted by atomic mass is 16.4. The van der Waals surface area contributed by atoms with E-state index < -0.39 is 11.9 Å². The lowest BCUT2D eigenvalue weighted by Gasteiger charge is -2.18. The fourth-order valence-corrected chi connectivity index (χ4v) is 2.77. The number of rotatable bonds is 7. The first-order chi connectivity index (χ1) is 11.8. The molecule has 1 aromatic carbocycles. The highest BCUT2D eigenvalue weighted by Crippen LogP contribution is 2.24. The Morgan fingerprint density at radius 3 is 2.72 bits per heavy atom. The van der Waals surface area contributed by atoms with E-state index in [1.54, 1.807) is 4.90 Å². The van der Waals surface area contributed by atoms with Crippen molar-refractivity contribution in [1.82, 2.24) is 9.80 Å². The molecule has 1 atom stereocenters. The van der Waals surface area contributed by atoms with Crippen molar-refractivity contribution in [3.05, 3.63) is 23.8 Å². The van der Waals surface area contributed by atoms with Crippen LogP contribution in [0, 0.1) is 5.92 Å². The molecular weight excluding hydrogens is 326 g/mol. The van der Waals surface area contributed by atoms with E-state index >= 15 is 0 Å². The molecule has 0 aromatic heterocycles. The van der Waals surface area contributed by atoms with Gasteiger partial charge in [0.25, 0.3) is 0 Å². The van der Waals surface area contributed by atoms with Crippen LogP contribution in [0.1, 0.15) is 23.2 Å². The van der Waals surface area contributed by atoms with Gasteiger partial charge >= 0.3 is 5.97 Å². The minimum absolute atomic E-state index is 0.0455. The minimum atomic E-state index is -1.28. The quantitative estimate of drug-likeness (QED) is 0.629. The van der Waals surface area contributed by atoms with Gasteiger partial charge in [-0.3, -0.25) is 9.59 Å². The minimum Gasteiger partial charge on any atom is -0.507 e. The van der Waals surface area contributed by atoms with Gasteiger partial charge in [-0.15, -0.1) is 0 Å². The van der Waals surface area contributed by atoms with Gasteiger partial charge < -0.3 is 25.3 Å². The van der Waals surface area contributed by atoms with Crippen LogP contribution in [-0.4, -0.2) is 71.5 Å². The molecule has 0 aliphatic carbocycles. The average Bonchev–Trinajstić information content (AvgIpc) is 2.90. The van der Waals surface area contributed by atoms with Crippen LogP contribution in [0.4, 0.5) is 5.69 Å². The highest BCUT2D eigenvalue weighted by Gasteiger charge is 2.34. The Hall–Kier alpha value is -2.61. The van der Waals surface area contributed by atoms with E-state index in [9.17, 15) is 19.5 Å². The van der Waals surface area contributed by atoms with Crippen LogP contribution in [0.3, 0.4) is 0 Å². The van der Waals surface area contributed by atoms with Gasteiger partial charge in [0.15, 0.2) is 0 Å². The van der Waals surface area contributed by atoms with Crippen molar-refractivity contribution in [2.24, 2.45) is 5.92 Å². The summed E-state index contributed by atoms with van der Waals surface area (Å²) in [6.07, 6.45) is 0.991. The molecule has 2 amide bonds. The second-order valence-electron chi connectivity index (χ2n) is 6.42. The standard InChI is InChI=1S/C17H23N3O5/c1-19(2)6-3-7-20-10-11(8-15(20)22)16(23)18-12-4-5-14(21)13(9-12)17(24)25/h4-5,9,11,21H,3,6-8,10H2,1-2H3,(H,18,23)(H,24,25). The molecule has 1 aliphatic rings. The van der Waals surface area contributed by atoms with Crippen LogP contribution < -0.4 is 5.32 Å². The maximum absolute atomic E-state index is 12.3. The molecule has 1 fully saturated rings. The second-order valence-corrected chi connectivity index (χ2v) is 6.42. The lowest BCUT2D eigenvalue weighted by Crippen LogP contribution is -2.30. The van der Waals surface area contributed by atoms with Crippen molar-refractivity contribution >= 4 is 23.5 Å². The van der Waals surface area contributed by atoms with E-state index in [0.717, 1.165) is 13.0 Å². The third-order valence-corrected chi connectivity index (χ3v) is 4.11. The van der Waals surface area contributed by atoms with Crippen molar-refractivity contribution in [3.8, 4) is 5.75 Å². The zero-order chi connectivity index (χ0) is 18.6. The van der Waals surface area contributed by atoms with Crippen LogP contribution in [0.25, 0.3) is 0 Å². The number of hydrogen-bond donors (Lipinski definition) is 3. The predicted octanol–water partition coefficient (Wildman–Crippen LogP) is 0.829. The van der Waals surface area contributed by atoms with Crippen LogP contribution in [0.15, 0.2) is 18.2 Å². The summed E-state index contributed by atoms with van der Waals surface area (Å²) >= 11 is 0. The van der Waals surface area contributed by atoms with Gasteiger partial charge in [0.05, 0.1) is 5.92 Å². The summed E-state index contributed by atoms with van der Waals surface area (Å²) in [5.41, 5.74) is -0.00989. The van der Waals surface area contributed by atoms with Crippen molar-refractivity contribution < 1.29 is 24.6 Å². The summed E-state index contributed by atoms with van der Waals surface area (Å²) in [4.78, 5) is 39.1. The molecule has 25 heavy (non-hydrogen) atoms. The number of carboxylic acids is 1. The monoisotopic (exact) mass is 349 g/mol. The lowest BCUT2D eigenvalue weighted by atomic mass is 10.1. The molecular formula is C17H23N3O5. The van der Waals surface area contributed by atoms with Crippen LogP contribution in [0.5, 0.6) is 5.75 Å². The fraction of sp³-hybridized carbons (Fsp3) is 0.471. The summed E-state index contributed by atoms with van der Waals surface area (Å²) < 4.78 is 0. The summed E-state index contributed by atoms with van der Waals surface area (Å²) in [6, 6.07) is 3.83. The van der Waals surface area contributed by atoms with Gasteiger partial charge in [-0.1, -0.05) is 0 Å². The molecule has 1 heterocycles. The number of amides is 2. The first kappa shape index (κ1) is 18.7. The zero-order valence-corrected chi connectivity index (χ0v) is 14.4. The van der Waals surface area contributed by atoms with Gasteiger partial charge in [-0.2, -0.15) is 0 Å². The number of aromatic carboxylic acids is 1. The molecule has 0 spiro atoms.